The minimum Gasteiger partial charge on any atom is -0.497 e. The Morgan fingerprint density at radius 2 is 1.87 bits per heavy atom. The Morgan fingerprint density at radius 1 is 1.07 bits per heavy atom. The molecule has 1 saturated heterocycles. The van der Waals surface area contributed by atoms with Crippen molar-refractivity contribution < 1.29 is 18.8 Å². The minimum absolute atomic E-state index is 0.157. The van der Waals surface area contributed by atoms with E-state index in [2.05, 4.69) is 31.0 Å². The number of hydrogen-bond acceptors (Lipinski definition) is 7. The molecule has 1 aliphatic heterocycles. The Kier molecular flexibility index (Phi) is 5.89. The molecule has 30 heavy (non-hydrogen) atoms. The van der Waals surface area contributed by atoms with Crippen molar-refractivity contribution in [2.75, 3.05) is 45.3 Å². The number of nitrogens with zero attached hydrogens (tertiary/aromatic N) is 4. The van der Waals surface area contributed by atoms with Crippen molar-refractivity contribution in [1.82, 2.24) is 15.0 Å². The normalized spacial score (nSPS) is 14.0. The van der Waals surface area contributed by atoms with E-state index in [0.29, 0.717) is 49.0 Å². The van der Waals surface area contributed by atoms with Crippen LogP contribution in [0.2, 0.25) is 0 Å². The second-order valence-electron chi connectivity index (χ2n) is 6.76. The number of pyridine rings is 1. The lowest BCUT2D eigenvalue weighted by Crippen LogP contribution is -2.49. The summed E-state index contributed by atoms with van der Waals surface area (Å²) in [5.41, 5.74) is 0.944. The Balaban J connectivity index is 1.46. The van der Waals surface area contributed by atoms with Crippen molar-refractivity contribution in [2.45, 2.75) is 0 Å². The molecule has 0 unspecified atom stereocenters. The molecule has 0 spiro atoms. The molecule has 3 aromatic rings. The van der Waals surface area contributed by atoms with Gasteiger partial charge in [-0.2, -0.15) is 0 Å². The number of rotatable bonds is 5. The van der Waals surface area contributed by atoms with Crippen LogP contribution in [0.1, 0.15) is 10.5 Å². The number of carbonyl (C=O) groups excluding carboxylic acids is 1. The monoisotopic (exact) mass is 472 g/mol. The predicted molar refractivity (Wildman–Crippen MR) is 115 cm³/mol. The molecule has 2 aromatic heterocycles. The second-order valence-corrected chi connectivity index (χ2v) is 7.67. The van der Waals surface area contributed by atoms with Gasteiger partial charge in [0.05, 0.1) is 19.8 Å². The van der Waals surface area contributed by atoms with Gasteiger partial charge in [-0.05, 0) is 46.3 Å². The van der Waals surface area contributed by atoms with Gasteiger partial charge in [-0.1, -0.05) is 5.16 Å². The maximum atomic E-state index is 12.9. The lowest BCUT2D eigenvalue weighted by molar-refractivity contribution is 0.0736. The number of methoxy groups -OCH3 is 2. The number of aromatic nitrogens is 2. The fourth-order valence-corrected chi connectivity index (χ4v) is 3.60. The van der Waals surface area contributed by atoms with E-state index in [0.717, 1.165) is 10.3 Å². The van der Waals surface area contributed by atoms with Crippen LogP contribution in [0.3, 0.4) is 0 Å². The number of halogens is 1. The summed E-state index contributed by atoms with van der Waals surface area (Å²) >= 11 is 3.40. The second kappa shape index (κ2) is 8.74. The van der Waals surface area contributed by atoms with Gasteiger partial charge in [-0.15, -0.1) is 0 Å². The van der Waals surface area contributed by atoms with Crippen molar-refractivity contribution in [3.8, 4) is 22.8 Å². The molecule has 156 valence electrons. The van der Waals surface area contributed by atoms with Crippen LogP contribution in [-0.4, -0.2) is 61.3 Å². The number of ether oxygens (including phenoxy) is 2. The average molecular weight is 473 g/mol. The van der Waals surface area contributed by atoms with Crippen LogP contribution < -0.4 is 14.4 Å². The van der Waals surface area contributed by atoms with Gasteiger partial charge in [0, 0.05) is 42.9 Å². The molecule has 0 radical (unpaired) electrons. The Hall–Kier alpha value is -3.07. The molecule has 0 aliphatic carbocycles. The fourth-order valence-electron chi connectivity index (χ4n) is 3.37. The summed E-state index contributed by atoms with van der Waals surface area (Å²) in [7, 11) is 3.16. The summed E-state index contributed by atoms with van der Waals surface area (Å²) < 4.78 is 17.1. The number of piperazine rings is 1. The molecular weight excluding hydrogens is 452 g/mol. The van der Waals surface area contributed by atoms with Crippen molar-refractivity contribution in [3.05, 3.63) is 52.8 Å². The molecule has 1 aromatic carbocycles. The highest BCUT2D eigenvalue weighted by molar-refractivity contribution is 9.10. The quantitative estimate of drug-likeness (QED) is 0.562. The summed E-state index contributed by atoms with van der Waals surface area (Å²) in [6.07, 6.45) is 1.77. The SMILES string of the molecule is COc1ccc(OC)c(-c2cc(C(=O)N3CCN(c4ccc(Br)cn4)CC3)no2)c1. The molecule has 1 aliphatic rings. The van der Waals surface area contributed by atoms with Gasteiger partial charge in [0.1, 0.15) is 17.3 Å². The van der Waals surface area contributed by atoms with E-state index < -0.39 is 0 Å². The summed E-state index contributed by atoms with van der Waals surface area (Å²) in [5, 5.41) is 3.99. The first-order chi connectivity index (χ1) is 14.6. The molecule has 3 heterocycles. The van der Waals surface area contributed by atoms with Gasteiger partial charge < -0.3 is 23.8 Å². The van der Waals surface area contributed by atoms with Gasteiger partial charge >= 0.3 is 0 Å². The maximum absolute atomic E-state index is 12.9. The molecular formula is C21H21BrN4O4. The first-order valence-corrected chi connectivity index (χ1v) is 10.2. The molecule has 1 amide bonds. The third kappa shape index (κ3) is 4.11. The Bertz CT molecular complexity index is 1030. The maximum Gasteiger partial charge on any atom is 0.276 e. The zero-order chi connectivity index (χ0) is 21.1. The van der Waals surface area contributed by atoms with Gasteiger partial charge in [0.25, 0.3) is 5.91 Å². The molecule has 4 rings (SSSR count). The third-order valence-electron chi connectivity index (χ3n) is 5.00. The Labute approximate surface area is 182 Å². The zero-order valence-electron chi connectivity index (χ0n) is 16.7. The van der Waals surface area contributed by atoms with Gasteiger partial charge in [-0.3, -0.25) is 4.79 Å². The van der Waals surface area contributed by atoms with E-state index in [9.17, 15) is 4.79 Å². The van der Waals surface area contributed by atoms with E-state index in [4.69, 9.17) is 14.0 Å². The Morgan fingerprint density at radius 3 is 2.53 bits per heavy atom. The molecule has 8 nitrogen and oxygen atoms in total. The molecule has 0 bridgehead atoms. The summed E-state index contributed by atoms with van der Waals surface area (Å²) in [6.45, 7) is 2.58. The van der Waals surface area contributed by atoms with Crippen LogP contribution in [0.15, 0.2) is 51.6 Å². The van der Waals surface area contributed by atoms with E-state index in [1.807, 2.05) is 12.1 Å². The molecule has 0 atom stereocenters. The highest BCUT2D eigenvalue weighted by atomic mass is 79.9. The minimum atomic E-state index is -0.157. The van der Waals surface area contributed by atoms with Gasteiger partial charge in [0.2, 0.25) is 0 Å². The van der Waals surface area contributed by atoms with E-state index >= 15 is 0 Å². The predicted octanol–water partition coefficient (Wildman–Crippen LogP) is 3.48. The molecule has 0 saturated carbocycles. The lowest BCUT2D eigenvalue weighted by atomic mass is 10.1. The van der Waals surface area contributed by atoms with Crippen LogP contribution in [-0.2, 0) is 0 Å². The third-order valence-corrected chi connectivity index (χ3v) is 5.47. The standard InChI is InChI=1S/C21H21BrN4O4/c1-28-15-4-5-18(29-2)16(11-15)19-12-17(24-30-19)21(27)26-9-7-25(8-10-26)20-6-3-14(22)13-23-20/h3-6,11-13H,7-10H2,1-2H3. The lowest BCUT2D eigenvalue weighted by Gasteiger charge is -2.35. The number of carbonyl (C=O) groups is 1. The first kappa shape index (κ1) is 20.2. The summed E-state index contributed by atoms with van der Waals surface area (Å²) in [5.74, 6) is 2.47. The smallest absolute Gasteiger partial charge is 0.276 e. The summed E-state index contributed by atoms with van der Waals surface area (Å²) in [6, 6.07) is 10.9. The van der Waals surface area contributed by atoms with Crippen LogP contribution in [0.4, 0.5) is 5.82 Å². The highest BCUT2D eigenvalue weighted by Crippen LogP contribution is 2.34. The van der Waals surface area contributed by atoms with E-state index in [1.165, 1.54) is 0 Å². The molecule has 9 heteroatoms. The topological polar surface area (TPSA) is 80.9 Å². The van der Waals surface area contributed by atoms with Gasteiger partial charge in [-0.25, -0.2) is 4.98 Å². The van der Waals surface area contributed by atoms with Crippen LogP contribution in [0.5, 0.6) is 11.5 Å². The van der Waals surface area contributed by atoms with E-state index in [1.54, 1.807) is 49.6 Å². The van der Waals surface area contributed by atoms with Gasteiger partial charge in [0.15, 0.2) is 11.5 Å². The number of amides is 1. The van der Waals surface area contributed by atoms with Crippen molar-refractivity contribution in [2.24, 2.45) is 0 Å². The zero-order valence-corrected chi connectivity index (χ0v) is 18.3. The van der Waals surface area contributed by atoms with Crippen LogP contribution in [0.25, 0.3) is 11.3 Å². The fraction of sp³-hybridized carbons (Fsp3) is 0.286. The average Bonchev–Trinajstić information content (AvgIpc) is 3.29. The van der Waals surface area contributed by atoms with Crippen molar-refractivity contribution in [1.29, 1.82) is 0 Å². The van der Waals surface area contributed by atoms with Crippen molar-refractivity contribution in [3.63, 3.8) is 0 Å². The van der Waals surface area contributed by atoms with Crippen LogP contribution >= 0.6 is 15.9 Å². The largest absolute Gasteiger partial charge is 0.497 e. The number of hydrogen-bond donors (Lipinski definition) is 0. The highest BCUT2D eigenvalue weighted by Gasteiger charge is 2.26. The number of anilines is 1. The molecule has 1 fully saturated rings. The van der Waals surface area contributed by atoms with Crippen LogP contribution in [0, 0.1) is 0 Å². The number of benzene rings is 1. The first-order valence-electron chi connectivity index (χ1n) is 9.44. The summed E-state index contributed by atoms with van der Waals surface area (Å²) in [4.78, 5) is 21.3. The van der Waals surface area contributed by atoms with Crippen molar-refractivity contribution >= 4 is 27.7 Å². The van der Waals surface area contributed by atoms with E-state index in [-0.39, 0.29) is 11.6 Å². The molecule has 0 N–H and O–H groups in total.